The maximum Gasteiger partial charge on any atom is 0.201 e. The third-order valence-corrected chi connectivity index (χ3v) is 5.73. The lowest BCUT2D eigenvalue weighted by Crippen LogP contribution is -2.19. The Labute approximate surface area is 181 Å². The summed E-state index contributed by atoms with van der Waals surface area (Å²) in [5.74, 6) is 1.09. The maximum absolute atomic E-state index is 6.30. The molecule has 3 rings (SSSR count). The summed E-state index contributed by atoms with van der Waals surface area (Å²) in [7, 11) is 1.62. The third-order valence-electron chi connectivity index (χ3n) is 5.07. The number of ether oxygens (including phenoxy) is 3. The van der Waals surface area contributed by atoms with Gasteiger partial charge in [0.25, 0.3) is 0 Å². The monoisotopic (exact) mass is 442 g/mol. The van der Waals surface area contributed by atoms with Gasteiger partial charge >= 0.3 is 0 Å². The Morgan fingerprint density at radius 3 is 1.89 bits per heavy atom. The fraction of sp³-hybridized carbons (Fsp3) is 0.455. The molecule has 0 bridgehead atoms. The Hall–Kier alpha value is -1.13. The first-order valence-electron chi connectivity index (χ1n) is 9.52. The molecule has 2 aromatic carbocycles. The molecule has 0 aliphatic heterocycles. The summed E-state index contributed by atoms with van der Waals surface area (Å²) in [6.07, 6.45) is 6.34. The molecule has 0 saturated heterocycles. The van der Waals surface area contributed by atoms with Crippen molar-refractivity contribution >= 4 is 34.8 Å². The average molecular weight is 444 g/mol. The van der Waals surface area contributed by atoms with E-state index in [-0.39, 0.29) is 6.79 Å². The summed E-state index contributed by atoms with van der Waals surface area (Å²) in [6, 6.07) is 15.2. The molecule has 1 unspecified atom stereocenters. The molecule has 1 atom stereocenters. The lowest BCUT2D eigenvalue weighted by atomic mass is 9.92. The molecular formula is C22H25Cl3O3. The Balaban J connectivity index is 1.66. The van der Waals surface area contributed by atoms with Crippen molar-refractivity contribution in [2.75, 3.05) is 13.9 Å². The first-order chi connectivity index (χ1) is 13.5. The molecule has 28 heavy (non-hydrogen) atoms. The highest BCUT2D eigenvalue weighted by Crippen LogP contribution is 2.46. The van der Waals surface area contributed by atoms with E-state index in [1.807, 2.05) is 48.5 Å². The van der Waals surface area contributed by atoms with Crippen LogP contribution in [-0.4, -0.2) is 23.8 Å². The van der Waals surface area contributed by atoms with Crippen LogP contribution < -0.4 is 9.47 Å². The number of halogens is 3. The quantitative estimate of drug-likeness (QED) is 0.345. The van der Waals surface area contributed by atoms with Crippen molar-refractivity contribution in [3.8, 4) is 11.5 Å². The molecule has 1 aliphatic rings. The van der Waals surface area contributed by atoms with Crippen LogP contribution in [0.1, 0.15) is 49.1 Å². The van der Waals surface area contributed by atoms with Gasteiger partial charge in [-0.05, 0) is 48.2 Å². The average Bonchev–Trinajstić information content (AvgIpc) is 2.70. The maximum atomic E-state index is 6.30. The molecular weight excluding hydrogens is 419 g/mol. The van der Waals surface area contributed by atoms with Crippen molar-refractivity contribution < 1.29 is 14.2 Å². The van der Waals surface area contributed by atoms with Gasteiger partial charge in [-0.3, -0.25) is 0 Å². The summed E-state index contributed by atoms with van der Waals surface area (Å²) >= 11 is 18.9. The van der Waals surface area contributed by atoms with Crippen LogP contribution in [0.2, 0.25) is 0 Å². The largest absolute Gasteiger partial charge is 0.497 e. The summed E-state index contributed by atoms with van der Waals surface area (Å²) in [6.45, 7) is 0.260. The molecule has 0 aromatic heterocycles. The van der Waals surface area contributed by atoms with Gasteiger partial charge in [0.2, 0.25) is 3.79 Å². The van der Waals surface area contributed by atoms with Crippen LogP contribution in [-0.2, 0) is 4.74 Å². The zero-order valence-electron chi connectivity index (χ0n) is 15.9. The van der Waals surface area contributed by atoms with Crippen molar-refractivity contribution in [3.05, 3.63) is 59.7 Å². The minimum Gasteiger partial charge on any atom is -0.497 e. The van der Waals surface area contributed by atoms with E-state index < -0.39 is 9.71 Å². The molecule has 1 saturated carbocycles. The second kappa shape index (κ2) is 10.1. The normalized spacial score (nSPS) is 16.6. The number of benzene rings is 2. The number of methoxy groups -OCH3 is 1. The second-order valence-electron chi connectivity index (χ2n) is 7.01. The van der Waals surface area contributed by atoms with Gasteiger partial charge in [-0.25, -0.2) is 0 Å². The zero-order chi connectivity index (χ0) is 20.0. The predicted molar refractivity (Wildman–Crippen MR) is 115 cm³/mol. The van der Waals surface area contributed by atoms with Crippen molar-refractivity contribution in [1.82, 2.24) is 0 Å². The summed E-state index contributed by atoms with van der Waals surface area (Å²) in [5.41, 5.74) is 1.79. The molecule has 0 amide bonds. The second-order valence-corrected chi connectivity index (χ2v) is 9.37. The Bertz CT molecular complexity index is 720. The van der Waals surface area contributed by atoms with Crippen molar-refractivity contribution in [1.29, 1.82) is 0 Å². The van der Waals surface area contributed by atoms with Crippen LogP contribution in [0.3, 0.4) is 0 Å². The smallest absolute Gasteiger partial charge is 0.201 e. The molecule has 0 heterocycles. The fourth-order valence-corrected chi connectivity index (χ4v) is 4.31. The predicted octanol–water partition coefficient (Wildman–Crippen LogP) is 6.88. The Morgan fingerprint density at radius 2 is 1.39 bits per heavy atom. The van der Waals surface area contributed by atoms with Gasteiger partial charge in [0.15, 0.2) is 6.79 Å². The summed E-state index contributed by atoms with van der Waals surface area (Å²) < 4.78 is 15.3. The van der Waals surface area contributed by atoms with Gasteiger partial charge in [-0.15, -0.1) is 0 Å². The van der Waals surface area contributed by atoms with Gasteiger partial charge in [0.1, 0.15) is 11.5 Å². The first kappa shape index (κ1) is 21.6. The Morgan fingerprint density at radius 1 is 0.857 bits per heavy atom. The topological polar surface area (TPSA) is 27.7 Å². The first-order valence-corrected chi connectivity index (χ1v) is 10.7. The minimum absolute atomic E-state index is 0.260. The molecule has 0 radical (unpaired) electrons. The highest BCUT2D eigenvalue weighted by molar-refractivity contribution is 6.68. The Kier molecular flexibility index (Phi) is 7.76. The van der Waals surface area contributed by atoms with Crippen LogP contribution in [0.15, 0.2) is 48.5 Å². The third kappa shape index (κ3) is 5.93. The molecule has 0 N–H and O–H groups in total. The van der Waals surface area contributed by atoms with Crippen molar-refractivity contribution in [2.24, 2.45) is 0 Å². The molecule has 6 heteroatoms. The number of alkyl halides is 3. The van der Waals surface area contributed by atoms with Crippen molar-refractivity contribution in [3.63, 3.8) is 0 Å². The van der Waals surface area contributed by atoms with Crippen LogP contribution >= 0.6 is 34.8 Å². The molecule has 0 spiro atoms. The lowest BCUT2D eigenvalue weighted by molar-refractivity contribution is -0.0496. The fourth-order valence-electron chi connectivity index (χ4n) is 3.55. The highest BCUT2D eigenvalue weighted by atomic mass is 35.6. The number of hydrogen-bond acceptors (Lipinski definition) is 3. The van der Waals surface area contributed by atoms with E-state index in [9.17, 15) is 0 Å². The summed E-state index contributed by atoms with van der Waals surface area (Å²) in [4.78, 5) is 0. The van der Waals surface area contributed by atoms with Crippen LogP contribution in [0.25, 0.3) is 0 Å². The van der Waals surface area contributed by atoms with Crippen LogP contribution in [0.5, 0.6) is 11.5 Å². The van der Waals surface area contributed by atoms with Crippen LogP contribution in [0.4, 0.5) is 0 Å². The SMILES string of the molecule is COc1ccc(C(c2ccc(OCOC3CCCCC3)cc2)C(Cl)(Cl)Cl)cc1. The molecule has 1 fully saturated rings. The standard InChI is InChI=1S/C22H25Cl3O3/c1-26-18-11-7-16(8-12-18)21(22(23,24)25)17-9-13-20(14-10-17)28-15-27-19-5-3-2-4-6-19/h7-14,19,21H,2-6,15H2,1H3. The minimum atomic E-state index is -1.49. The van der Waals surface area contributed by atoms with E-state index in [0.29, 0.717) is 6.10 Å². The molecule has 3 nitrogen and oxygen atoms in total. The number of hydrogen-bond donors (Lipinski definition) is 0. The van der Waals surface area contributed by atoms with Gasteiger partial charge in [-0.2, -0.15) is 0 Å². The van der Waals surface area contributed by atoms with E-state index >= 15 is 0 Å². The van der Waals surface area contributed by atoms with Gasteiger partial charge in [0, 0.05) is 0 Å². The molecule has 1 aliphatic carbocycles. The van der Waals surface area contributed by atoms with E-state index in [4.69, 9.17) is 49.0 Å². The van der Waals surface area contributed by atoms with Crippen molar-refractivity contribution in [2.45, 2.75) is 47.9 Å². The van der Waals surface area contributed by atoms with E-state index in [1.165, 1.54) is 19.3 Å². The zero-order valence-corrected chi connectivity index (χ0v) is 18.1. The van der Waals surface area contributed by atoms with E-state index in [2.05, 4.69) is 0 Å². The molecule has 2 aromatic rings. The molecule has 152 valence electrons. The summed E-state index contributed by atoms with van der Waals surface area (Å²) in [5, 5.41) is 0. The van der Waals surface area contributed by atoms with Gasteiger partial charge in [-0.1, -0.05) is 78.3 Å². The van der Waals surface area contributed by atoms with Gasteiger partial charge in [0.05, 0.1) is 19.1 Å². The van der Waals surface area contributed by atoms with Gasteiger partial charge < -0.3 is 14.2 Å². The van der Waals surface area contributed by atoms with Crippen LogP contribution in [0, 0.1) is 0 Å². The van der Waals surface area contributed by atoms with E-state index in [0.717, 1.165) is 35.5 Å². The lowest BCUT2D eigenvalue weighted by Gasteiger charge is -2.26. The van der Waals surface area contributed by atoms with E-state index in [1.54, 1.807) is 7.11 Å². The number of rotatable bonds is 7. The highest BCUT2D eigenvalue weighted by Gasteiger charge is 2.35.